The molecule has 1 aliphatic heterocycles. The van der Waals surface area contributed by atoms with Gasteiger partial charge < -0.3 is 15.5 Å². The summed E-state index contributed by atoms with van der Waals surface area (Å²) in [5, 5.41) is 13.9. The van der Waals surface area contributed by atoms with Crippen molar-refractivity contribution >= 4 is 33.3 Å². The number of halogens is 1. The second kappa shape index (κ2) is 6.95. The Labute approximate surface area is 143 Å². The predicted octanol–water partition coefficient (Wildman–Crippen LogP) is 2.29. The van der Waals surface area contributed by atoms with E-state index in [2.05, 4.69) is 65.9 Å². The van der Waals surface area contributed by atoms with Crippen LogP contribution >= 0.6 is 15.9 Å². The lowest BCUT2D eigenvalue weighted by atomic mass is 10.2. The third-order valence-corrected chi connectivity index (χ3v) is 4.38. The van der Waals surface area contributed by atoms with Crippen LogP contribution in [0.1, 0.15) is 16.9 Å². The lowest BCUT2D eigenvalue weighted by molar-refractivity contribution is 0.0957. The first-order chi connectivity index (χ1) is 11.2. The largest absolute Gasteiger partial charge is 0.369 e. The van der Waals surface area contributed by atoms with E-state index >= 15 is 0 Å². The third-order valence-electron chi connectivity index (χ3n) is 3.86. The van der Waals surface area contributed by atoms with E-state index in [0.29, 0.717) is 17.6 Å². The second-order valence-electron chi connectivity index (χ2n) is 5.44. The maximum Gasteiger partial charge on any atom is 0.271 e. The van der Waals surface area contributed by atoms with Crippen LogP contribution in [0.3, 0.4) is 0 Å². The van der Waals surface area contributed by atoms with Crippen LogP contribution in [0.5, 0.6) is 0 Å². The van der Waals surface area contributed by atoms with E-state index in [1.807, 2.05) is 0 Å². The van der Waals surface area contributed by atoms with E-state index in [0.717, 1.165) is 24.0 Å². The standard InChI is InChI=1S/C16H18BrN5O/c1-18-16(23)14-6-7-15(21-20-14)19-12-8-9-22(10-12)13-4-2-11(17)3-5-13/h2-7,12H,8-10H2,1H3,(H,18,23)(H,19,21). The Morgan fingerprint density at radius 3 is 2.65 bits per heavy atom. The van der Waals surface area contributed by atoms with Gasteiger partial charge in [-0.25, -0.2) is 0 Å². The number of nitrogens with zero attached hydrogens (tertiary/aromatic N) is 3. The third kappa shape index (κ3) is 3.79. The molecular weight excluding hydrogens is 358 g/mol. The molecule has 7 heteroatoms. The van der Waals surface area contributed by atoms with Gasteiger partial charge in [-0.1, -0.05) is 15.9 Å². The Balaban J connectivity index is 1.59. The fourth-order valence-corrected chi connectivity index (χ4v) is 2.90. The lowest BCUT2D eigenvalue weighted by Crippen LogP contribution is -2.26. The molecule has 2 N–H and O–H groups in total. The van der Waals surface area contributed by atoms with E-state index in [1.165, 1.54) is 5.69 Å². The Morgan fingerprint density at radius 1 is 1.22 bits per heavy atom. The van der Waals surface area contributed by atoms with Crippen LogP contribution in [-0.4, -0.2) is 42.3 Å². The maximum absolute atomic E-state index is 11.4. The molecule has 1 aromatic heterocycles. The van der Waals surface area contributed by atoms with Crippen LogP contribution in [0.4, 0.5) is 11.5 Å². The van der Waals surface area contributed by atoms with E-state index in [4.69, 9.17) is 0 Å². The molecule has 0 saturated carbocycles. The predicted molar refractivity (Wildman–Crippen MR) is 93.8 cm³/mol. The SMILES string of the molecule is CNC(=O)c1ccc(NC2CCN(c3ccc(Br)cc3)C2)nn1. The molecule has 0 bridgehead atoms. The van der Waals surface area contributed by atoms with Crippen molar-refractivity contribution in [2.45, 2.75) is 12.5 Å². The zero-order chi connectivity index (χ0) is 16.2. The van der Waals surface area contributed by atoms with E-state index in [1.54, 1.807) is 19.2 Å². The molecule has 1 unspecified atom stereocenters. The highest BCUT2D eigenvalue weighted by atomic mass is 79.9. The molecule has 1 aliphatic rings. The normalized spacial score (nSPS) is 17.1. The van der Waals surface area contributed by atoms with Gasteiger partial charge in [-0.05, 0) is 42.8 Å². The summed E-state index contributed by atoms with van der Waals surface area (Å²) in [6.07, 6.45) is 1.04. The molecule has 6 nitrogen and oxygen atoms in total. The fourth-order valence-electron chi connectivity index (χ4n) is 2.63. The first-order valence-electron chi connectivity index (χ1n) is 7.48. The summed E-state index contributed by atoms with van der Waals surface area (Å²) in [5.74, 6) is 0.464. The van der Waals surface area contributed by atoms with Gasteiger partial charge in [0.2, 0.25) is 0 Å². The lowest BCUT2D eigenvalue weighted by Gasteiger charge is -2.19. The molecule has 0 spiro atoms. The first-order valence-corrected chi connectivity index (χ1v) is 8.28. The Kier molecular flexibility index (Phi) is 4.76. The van der Waals surface area contributed by atoms with Crippen LogP contribution in [0.15, 0.2) is 40.9 Å². The molecule has 1 fully saturated rings. The average Bonchev–Trinajstić information content (AvgIpc) is 3.04. The van der Waals surface area contributed by atoms with Gasteiger partial charge in [0.05, 0.1) is 0 Å². The summed E-state index contributed by atoms with van der Waals surface area (Å²) in [6, 6.07) is 12.1. The molecule has 1 saturated heterocycles. The number of aromatic nitrogens is 2. The number of anilines is 2. The van der Waals surface area contributed by atoms with Crippen LogP contribution in [0.25, 0.3) is 0 Å². The molecule has 0 radical (unpaired) electrons. The summed E-state index contributed by atoms with van der Waals surface area (Å²) < 4.78 is 1.08. The molecule has 23 heavy (non-hydrogen) atoms. The fraction of sp³-hybridized carbons (Fsp3) is 0.312. The highest BCUT2D eigenvalue weighted by Gasteiger charge is 2.23. The van der Waals surface area contributed by atoms with Gasteiger partial charge in [-0.15, -0.1) is 10.2 Å². The molecule has 0 aliphatic carbocycles. The molecule has 1 amide bonds. The summed E-state index contributed by atoms with van der Waals surface area (Å²) in [7, 11) is 1.57. The molecular formula is C16H18BrN5O. The second-order valence-corrected chi connectivity index (χ2v) is 6.35. The van der Waals surface area contributed by atoms with Crippen molar-refractivity contribution in [2.24, 2.45) is 0 Å². The van der Waals surface area contributed by atoms with Crippen molar-refractivity contribution in [1.82, 2.24) is 15.5 Å². The van der Waals surface area contributed by atoms with Gasteiger partial charge in [0.15, 0.2) is 5.69 Å². The average molecular weight is 376 g/mol. The van der Waals surface area contributed by atoms with Crippen molar-refractivity contribution in [1.29, 1.82) is 0 Å². The zero-order valence-corrected chi connectivity index (χ0v) is 14.4. The van der Waals surface area contributed by atoms with Gasteiger partial charge in [-0.2, -0.15) is 0 Å². The van der Waals surface area contributed by atoms with Gasteiger partial charge >= 0.3 is 0 Å². The van der Waals surface area contributed by atoms with Crippen LogP contribution in [0, 0.1) is 0 Å². The quantitative estimate of drug-likeness (QED) is 0.857. The number of amides is 1. The van der Waals surface area contributed by atoms with Crippen molar-refractivity contribution in [3.8, 4) is 0 Å². The van der Waals surface area contributed by atoms with Crippen molar-refractivity contribution in [3.05, 3.63) is 46.6 Å². The number of hydrogen-bond acceptors (Lipinski definition) is 5. The number of benzene rings is 1. The topological polar surface area (TPSA) is 70.2 Å². The number of hydrogen-bond donors (Lipinski definition) is 2. The summed E-state index contributed by atoms with van der Waals surface area (Å²) in [5.41, 5.74) is 1.54. The van der Waals surface area contributed by atoms with Gasteiger partial charge in [0.25, 0.3) is 5.91 Å². The Bertz CT molecular complexity index is 674. The molecule has 2 aromatic rings. The summed E-state index contributed by atoms with van der Waals surface area (Å²) >= 11 is 3.46. The highest BCUT2D eigenvalue weighted by Crippen LogP contribution is 2.23. The van der Waals surface area contributed by atoms with Gasteiger partial charge in [-0.3, -0.25) is 4.79 Å². The minimum Gasteiger partial charge on any atom is -0.369 e. The number of carbonyl (C=O) groups excluding carboxylic acids is 1. The van der Waals surface area contributed by atoms with Crippen molar-refractivity contribution < 1.29 is 4.79 Å². The van der Waals surface area contributed by atoms with E-state index in [9.17, 15) is 4.79 Å². The molecule has 120 valence electrons. The van der Waals surface area contributed by atoms with Crippen LogP contribution in [-0.2, 0) is 0 Å². The van der Waals surface area contributed by atoms with Gasteiger partial charge in [0, 0.05) is 36.3 Å². The Morgan fingerprint density at radius 2 is 2.00 bits per heavy atom. The van der Waals surface area contributed by atoms with Crippen LogP contribution < -0.4 is 15.5 Å². The number of nitrogens with one attached hydrogen (secondary N) is 2. The zero-order valence-electron chi connectivity index (χ0n) is 12.8. The minimum atomic E-state index is -0.230. The Hall–Kier alpha value is -2.15. The monoisotopic (exact) mass is 375 g/mol. The number of rotatable bonds is 4. The first kappa shape index (κ1) is 15.7. The van der Waals surface area contributed by atoms with E-state index < -0.39 is 0 Å². The molecule has 2 heterocycles. The number of carbonyl (C=O) groups is 1. The maximum atomic E-state index is 11.4. The van der Waals surface area contributed by atoms with Crippen molar-refractivity contribution in [3.63, 3.8) is 0 Å². The van der Waals surface area contributed by atoms with E-state index in [-0.39, 0.29) is 5.91 Å². The molecule has 1 aromatic carbocycles. The summed E-state index contributed by atoms with van der Waals surface area (Å²) in [6.45, 7) is 1.92. The van der Waals surface area contributed by atoms with Crippen molar-refractivity contribution in [2.75, 3.05) is 30.4 Å². The summed E-state index contributed by atoms with van der Waals surface area (Å²) in [4.78, 5) is 13.8. The van der Waals surface area contributed by atoms with Crippen LogP contribution in [0.2, 0.25) is 0 Å². The van der Waals surface area contributed by atoms with Gasteiger partial charge in [0.1, 0.15) is 5.82 Å². The smallest absolute Gasteiger partial charge is 0.271 e. The highest BCUT2D eigenvalue weighted by molar-refractivity contribution is 9.10. The minimum absolute atomic E-state index is 0.230. The molecule has 3 rings (SSSR count). The molecule has 1 atom stereocenters.